The Bertz CT molecular complexity index is 299. The highest BCUT2D eigenvalue weighted by atomic mass is 16.5. The first kappa shape index (κ1) is 15.8. The van der Waals surface area contributed by atoms with Gasteiger partial charge in [0.2, 0.25) is 0 Å². The Balaban J connectivity index is 1.54. The van der Waals surface area contributed by atoms with Gasteiger partial charge in [0.25, 0.3) is 0 Å². The second kappa shape index (κ2) is 7.46. The van der Waals surface area contributed by atoms with Crippen molar-refractivity contribution in [2.45, 2.75) is 108 Å². The molecule has 3 aliphatic carbocycles. The Morgan fingerprint density at radius 1 is 0.952 bits per heavy atom. The molecule has 0 bridgehead atoms. The third-order valence-corrected chi connectivity index (χ3v) is 5.97. The number of hydrogen-bond donors (Lipinski definition) is 1. The van der Waals surface area contributed by atoms with Gasteiger partial charge >= 0.3 is 0 Å². The lowest BCUT2D eigenvalue weighted by molar-refractivity contribution is -0.127. The summed E-state index contributed by atoms with van der Waals surface area (Å²) in [4.78, 5) is 0. The van der Waals surface area contributed by atoms with Crippen LogP contribution >= 0.6 is 0 Å². The molecule has 2 heteroatoms. The maximum absolute atomic E-state index is 6.76. The van der Waals surface area contributed by atoms with Gasteiger partial charge in [0.15, 0.2) is 0 Å². The molecule has 0 aromatic rings. The van der Waals surface area contributed by atoms with Crippen molar-refractivity contribution in [1.82, 2.24) is 5.32 Å². The van der Waals surface area contributed by atoms with E-state index in [4.69, 9.17) is 4.74 Å². The fraction of sp³-hybridized carbons (Fsp3) is 1.00. The summed E-state index contributed by atoms with van der Waals surface area (Å²) in [5.74, 6) is 0.971. The summed E-state index contributed by atoms with van der Waals surface area (Å²) < 4.78 is 6.76. The van der Waals surface area contributed by atoms with Gasteiger partial charge in [-0.1, -0.05) is 39.0 Å². The van der Waals surface area contributed by atoms with Crippen molar-refractivity contribution in [3.63, 3.8) is 0 Å². The molecule has 122 valence electrons. The molecule has 0 spiro atoms. The first-order chi connectivity index (χ1) is 10.3. The maximum atomic E-state index is 6.76. The van der Waals surface area contributed by atoms with Crippen molar-refractivity contribution in [2.75, 3.05) is 6.54 Å². The van der Waals surface area contributed by atoms with Crippen LogP contribution in [0.2, 0.25) is 0 Å². The summed E-state index contributed by atoms with van der Waals surface area (Å²) in [7, 11) is 0. The van der Waals surface area contributed by atoms with Gasteiger partial charge < -0.3 is 10.1 Å². The highest BCUT2D eigenvalue weighted by Crippen LogP contribution is 2.39. The molecule has 0 unspecified atom stereocenters. The van der Waals surface area contributed by atoms with E-state index < -0.39 is 0 Å². The van der Waals surface area contributed by atoms with Crippen LogP contribution in [-0.2, 0) is 4.74 Å². The van der Waals surface area contributed by atoms with Gasteiger partial charge in [0, 0.05) is 12.6 Å². The second-order valence-electron chi connectivity index (χ2n) is 7.95. The number of rotatable bonds is 7. The molecule has 0 saturated heterocycles. The third-order valence-electron chi connectivity index (χ3n) is 5.97. The fourth-order valence-corrected chi connectivity index (χ4v) is 4.39. The number of ether oxygens (including phenoxy) is 1. The van der Waals surface area contributed by atoms with E-state index in [2.05, 4.69) is 12.2 Å². The van der Waals surface area contributed by atoms with Crippen LogP contribution in [-0.4, -0.2) is 24.3 Å². The molecule has 2 nitrogen and oxygen atoms in total. The molecule has 0 radical (unpaired) electrons. The Morgan fingerprint density at radius 3 is 2.29 bits per heavy atom. The van der Waals surface area contributed by atoms with Crippen molar-refractivity contribution >= 4 is 0 Å². The molecule has 3 aliphatic rings. The third kappa shape index (κ3) is 4.69. The molecule has 0 aromatic heterocycles. The monoisotopic (exact) mass is 293 g/mol. The number of nitrogens with one attached hydrogen (secondary N) is 1. The fourth-order valence-electron chi connectivity index (χ4n) is 4.39. The predicted molar refractivity (Wildman–Crippen MR) is 88.6 cm³/mol. The van der Waals surface area contributed by atoms with E-state index in [-0.39, 0.29) is 5.60 Å². The molecule has 21 heavy (non-hydrogen) atoms. The summed E-state index contributed by atoms with van der Waals surface area (Å²) in [5, 5.41) is 3.78. The Labute approximate surface area is 131 Å². The summed E-state index contributed by atoms with van der Waals surface area (Å²) in [6.07, 6.45) is 18.3. The zero-order valence-corrected chi connectivity index (χ0v) is 14.0. The van der Waals surface area contributed by atoms with Crippen LogP contribution in [0.5, 0.6) is 0 Å². The average molecular weight is 293 g/mol. The van der Waals surface area contributed by atoms with Gasteiger partial charge in [0.1, 0.15) is 0 Å². The van der Waals surface area contributed by atoms with E-state index in [1.54, 1.807) is 0 Å². The van der Waals surface area contributed by atoms with Crippen molar-refractivity contribution < 1.29 is 4.74 Å². The highest BCUT2D eigenvalue weighted by Gasteiger charge is 2.39. The summed E-state index contributed by atoms with van der Waals surface area (Å²) in [6.45, 7) is 3.45. The topological polar surface area (TPSA) is 21.3 Å². The van der Waals surface area contributed by atoms with Gasteiger partial charge in [0.05, 0.1) is 11.7 Å². The molecule has 0 aliphatic heterocycles. The molecule has 0 heterocycles. The van der Waals surface area contributed by atoms with Crippen LogP contribution in [0.4, 0.5) is 0 Å². The van der Waals surface area contributed by atoms with Crippen molar-refractivity contribution in [3.05, 3.63) is 0 Å². The average Bonchev–Trinajstić information content (AvgIpc) is 3.33. The van der Waals surface area contributed by atoms with Crippen molar-refractivity contribution in [3.8, 4) is 0 Å². The summed E-state index contributed by atoms with van der Waals surface area (Å²) in [5.41, 5.74) is 0.175. The van der Waals surface area contributed by atoms with Crippen LogP contribution in [0.15, 0.2) is 0 Å². The molecule has 0 atom stereocenters. The minimum atomic E-state index is 0.175. The van der Waals surface area contributed by atoms with E-state index in [1.165, 1.54) is 83.5 Å². The first-order valence-corrected chi connectivity index (χ1v) is 9.71. The molecule has 0 amide bonds. The van der Waals surface area contributed by atoms with E-state index in [1.807, 2.05) is 0 Å². The number of hydrogen-bond acceptors (Lipinski definition) is 2. The van der Waals surface area contributed by atoms with E-state index in [0.717, 1.165) is 18.5 Å². The van der Waals surface area contributed by atoms with Crippen molar-refractivity contribution in [2.24, 2.45) is 5.92 Å². The molecule has 0 aromatic carbocycles. The van der Waals surface area contributed by atoms with E-state index in [9.17, 15) is 0 Å². The lowest BCUT2D eigenvalue weighted by atomic mass is 9.76. The van der Waals surface area contributed by atoms with E-state index in [0.29, 0.717) is 6.10 Å². The lowest BCUT2D eigenvalue weighted by Crippen LogP contribution is -2.48. The molecule has 3 fully saturated rings. The SMILES string of the molecule is CCCC1CCC(CNC2CC2)(OC2CCCCC2)CC1. The standard InChI is InChI=1S/C19H35NO/c1-2-6-16-11-13-19(14-12-16,15-20-17-9-10-17)21-18-7-4-3-5-8-18/h16-18,20H,2-15H2,1H3. The molecular weight excluding hydrogens is 258 g/mol. The zero-order valence-electron chi connectivity index (χ0n) is 14.0. The van der Waals surface area contributed by atoms with Gasteiger partial charge in [-0.2, -0.15) is 0 Å². The van der Waals surface area contributed by atoms with Gasteiger partial charge in [-0.25, -0.2) is 0 Å². The van der Waals surface area contributed by atoms with Gasteiger partial charge in [-0.05, 0) is 57.3 Å². The first-order valence-electron chi connectivity index (χ1n) is 9.71. The smallest absolute Gasteiger partial charge is 0.0810 e. The minimum Gasteiger partial charge on any atom is -0.370 e. The van der Waals surface area contributed by atoms with Crippen LogP contribution in [0.1, 0.15) is 90.4 Å². The predicted octanol–water partition coefficient (Wildman–Crippen LogP) is 4.82. The van der Waals surface area contributed by atoms with Crippen LogP contribution < -0.4 is 5.32 Å². The quantitative estimate of drug-likeness (QED) is 0.727. The molecule has 1 N–H and O–H groups in total. The Kier molecular flexibility index (Phi) is 5.61. The highest BCUT2D eigenvalue weighted by molar-refractivity contribution is 4.93. The minimum absolute atomic E-state index is 0.175. The molecule has 3 rings (SSSR count). The Hall–Kier alpha value is -0.0800. The maximum Gasteiger partial charge on any atom is 0.0810 e. The Morgan fingerprint density at radius 2 is 1.67 bits per heavy atom. The van der Waals surface area contributed by atoms with Crippen molar-refractivity contribution in [1.29, 1.82) is 0 Å². The molecule has 3 saturated carbocycles. The largest absolute Gasteiger partial charge is 0.370 e. The normalized spacial score (nSPS) is 35.0. The van der Waals surface area contributed by atoms with Gasteiger partial charge in [-0.3, -0.25) is 0 Å². The van der Waals surface area contributed by atoms with Crippen LogP contribution in [0, 0.1) is 5.92 Å². The molecular formula is C19H35NO. The summed E-state index contributed by atoms with van der Waals surface area (Å²) >= 11 is 0. The zero-order chi connectivity index (χ0) is 14.5. The van der Waals surface area contributed by atoms with Gasteiger partial charge in [-0.15, -0.1) is 0 Å². The second-order valence-corrected chi connectivity index (χ2v) is 7.95. The summed E-state index contributed by atoms with van der Waals surface area (Å²) in [6, 6.07) is 0.810. The van der Waals surface area contributed by atoms with Crippen LogP contribution in [0.3, 0.4) is 0 Å². The lowest BCUT2D eigenvalue weighted by Gasteiger charge is -2.43. The van der Waals surface area contributed by atoms with E-state index >= 15 is 0 Å². The van der Waals surface area contributed by atoms with Crippen LogP contribution in [0.25, 0.3) is 0 Å².